The molecule has 0 spiro atoms. The van der Waals surface area contributed by atoms with Gasteiger partial charge in [0.25, 0.3) is 0 Å². The normalized spacial score (nSPS) is 11.8. The molecule has 0 aliphatic rings. The fraction of sp³-hybridized carbons (Fsp3) is 0.333. The predicted molar refractivity (Wildman–Crippen MR) is 63.4 cm³/mol. The molecule has 18 heavy (non-hydrogen) atoms. The molecule has 2 heterocycles. The van der Waals surface area contributed by atoms with Crippen molar-refractivity contribution in [2.75, 3.05) is 0 Å². The van der Waals surface area contributed by atoms with Crippen molar-refractivity contribution in [2.24, 2.45) is 0 Å². The van der Waals surface area contributed by atoms with E-state index in [1.165, 1.54) is 22.9 Å². The zero-order valence-corrected chi connectivity index (χ0v) is 10.1. The molecule has 5 nitrogen and oxygen atoms in total. The van der Waals surface area contributed by atoms with Crippen LogP contribution in [0.4, 0.5) is 4.39 Å². The van der Waals surface area contributed by atoms with Gasteiger partial charge in [-0.25, -0.2) is 9.07 Å². The minimum Gasteiger partial charge on any atom is -0.493 e. The van der Waals surface area contributed by atoms with E-state index in [0.717, 1.165) is 6.20 Å². The topological polar surface area (TPSA) is 71.2 Å². The molecule has 0 saturated carbocycles. The Labute approximate surface area is 104 Å². The first-order chi connectivity index (χ1) is 8.35. The predicted octanol–water partition coefficient (Wildman–Crippen LogP) is 1.56. The monoisotopic (exact) mass is 251 g/mol. The molecular weight excluding hydrogens is 237 g/mol. The molecule has 0 unspecified atom stereocenters. The van der Waals surface area contributed by atoms with E-state index in [4.69, 9.17) is 0 Å². The van der Waals surface area contributed by atoms with Crippen LogP contribution in [0.25, 0.3) is 11.4 Å². The molecule has 0 aromatic carbocycles. The van der Waals surface area contributed by atoms with Crippen LogP contribution in [0.3, 0.4) is 0 Å². The van der Waals surface area contributed by atoms with E-state index in [-0.39, 0.29) is 12.4 Å². The van der Waals surface area contributed by atoms with Gasteiger partial charge in [0.1, 0.15) is 11.5 Å². The summed E-state index contributed by atoms with van der Waals surface area (Å²) < 4.78 is 14.0. The number of halogens is 1. The van der Waals surface area contributed by atoms with Crippen molar-refractivity contribution in [3.05, 3.63) is 30.2 Å². The summed E-state index contributed by atoms with van der Waals surface area (Å²) in [4.78, 5) is 3.87. The summed E-state index contributed by atoms with van der Waals surface area (Å²) in [5, 5.41) is 23.5. The third-order valence-electron chi connectivity index (χ3n) is 2.29. The van der Waals surface area contributed by atoms with Gasteiger partial charge in [0.2, 0.25) is 5.88 Å². The van der Waals surface area contributed by atoms with Crippen LogP contribution in [0.15, 0.2) is 24.4 Å². The first-order valence-corrected chi connectivity index (χ1v) is 5.46. The highest BCUT2D eigenvalue weighted by atomic mass is 19.1. The van der Waals surface area contributed by atoms with Gasteiger partial charge in [-0.15, -0.1) is 0 Å². The van der Waals surface area contributed by atoms with Crippen LogP contribution in [0.2, 0.25) is 0 Å². The zero-order valence-electron chi connectivity index (χ0n) is 10.1. The Balaban J connectivity index is 2.31. The summed E-state index contributed by atoms with van der Waals surface area (Å²) in [6.07, 6.45) is 1.08. The molecule has 0 radical (unpaired) electrons. The van der Waals surface area contributed by atoms with Gasteiger partial charge in [-0.3, -0.25) is 4.98 Å². The highest BCUT2D eigenvalue weighted by Crippen LogP contribution is 2.22. The summed E-state index contributed by atoms with van der Waals surface area (Å²) in [5.74, 6) is -0.503. The molecule has 0 amide bonds. The second kappa shape index (κ2) is 4.38. The highest BCUT2D eigenvalue weighted by Gasteiger charge is 2.18. The Bertz CT molecular complexity index is 543. The molecule has 0 aliphatic heterocycles. The van der Waals surface area contributed by atoms with Gasteiger partial charge in [0.15, 0.2) is 0 Å². The van der Waals surface area contributed by atoms with Gasteiger partial charge in [0, 0.05) is 6.07 Å². The Morgan fingerprint density at radius 3 is 2.61 bits per heavy atom. The smallest absolute Gasteiger partial charge is 0.210 e. The second-order valence-corrected chi connectivity index (χ2v) is 4.72. The summed E-state index contributed by atoms with van der Waals surface area (Å²) in [5.41, 5.74) is -0.102. The molecule has 0 bridgehead atoms. The fourth-order valence-corrected chi connectivity index (χ4v) is 1.54. The largest absolute Gasteiger partial charge is 0.493 e. The SMILES string of the molecule is CC(C)(O)Cn1nc(-c2ccc(F)cn2)cc1O. The first-order valence-electron chi connectivity index (χ1n) is 5.46. The first kappa shape index (κ1) is 12.5. The average Bonchev–Trinajstić information content (AvgIpc) is 2.59. The van der Waals surface area contributed by atoms with Gasteiger partial charge in [-0.2, -0.15) is 5.10 Å². The lowest BCUT2D eigenvalue weighted by Gasteiger charge is -2.16. The minimum atomic E-state index is -0.989. The Kier molecular flexibility index (Phi) is 3.04. The van der Waals surface area contributed by atoms with E-state index in [2.05, 4.69) is 10.1 Å². The van der Waals surface area contributed by atoms with Gasteiger partial charge in [0.05, 0.1) is 24.0 Å². The van der Waals surface area contributed by atoms with Crippen LogP contribution in [-0.2, 0) is 6.54 Å². The van der Waals surface area contributed by atoms with Crippen LogP contribution in [0.1, 0.15) is 13.8 Å². The summed E-state index contributed by atoms with van der Waals surface area (Å²) >= 11 is 0. The molecule has 0 fully saturated rings. The molecule has 0 aliphatic carbocycles. The number of pyridine rings is 1. The van der Waals surface area contributed by atoms with E-state index in [1.54, 1.807) is 13.8 Å². The second-order valence-electron chi connectivity index (χ2n) is 4.72. The van der Waals surface area contributed by atoms with Crippen molar-refractivity contribution in [3.8, 4) is 17.3 Å². The molecule has 2 rings (SSSR count). The van der Waals surface area contributed by atoms with E-state index in [0.29, 0.717) is 11.4 Å². The van der Waals surface area contributed by atoms with Crippen LogP contribution in [-0.4, -0.2) is 30.6 Å². The standard InChI is InChI=1S/C12H14FN3O2/c1-12(2,18)7-16-11(17)5-10(15-16)9-4-3-8(13)6-14-9/h3-6,17-18H,7H2,1-2H3. The van der Waals surface area contributed by atoms with Crippen LogP contribution >= 0.6 is 0 Å². The number of rotatable bonds is 3. The molecule has 2 N–H and O–H groups in total. The average molecular weight is 251 g/mol. The number of aliphatic hydroxyl groups is 1. The van der Waals surface area contributed by atoms with Gasteiger partial charge in [-0.05, 0) is 26.0 Å². The van der Waals surface area contributed by atoms with E-state index in [9.17, 15) is 14.6 Å². The summed E-state index contributed by atoms with van der Waals surface area (Å²) in [6.45, 7) is 3.38. The van der Waals surface area contributed by atoms with Crippen molar-refractivity contribution in [3.63, 3.8) is 0 Å². The van der Waals surface area contributed by atoms with E-state index < -0.39 is 11.4 Å². The maximum atomic E-state index is 12.7. The third-order valence-corrected chi connectivity index (χ3v) is 2.29. The molecule has 2 aromatic heterocycles. The van der Waals surface area contributed by atoms with Crippen LogP contribution < -0.4 is 0 Å². The zero-order chi connectivity index (χ0) is 13.3. The maximum absolute atomic E-state index is 12.7. The van der Waals surface area contributed by atoms with Crippen LogP contribution in [0, 0.1) is 5.82 Å². The quantitative estimate of drug-likeness (QED) is 0.868. The summed E-state index contributed by atoms with van der Waals surface area (Å²) in [6, 6.07) is 4.17. The number of aromatic hydroxyl groups is 1. The van der Waals surface area contributed by atoms with Gasteiger partial charge in [-0.1, -0.05) is 0 Å². The molecule has 0 atom stereocenters. The van der Waals surface area contributed by atoms with Gasteiger partial charge >= 0.3 is 0 Å². The van der Waals surface area contributed by atoms with E-state index >= 15 is 0 Å². The summed E-state index contributed by atoms with van der Waals surface area (Å²) in [7, 11) is 0. The molecule has 96 valence electrons. The van der Waals surface area contributed by atoms with Crippen molar-refractivity contribution in [1.82, 2.24) is 14.8 Å². The number of hydrogen-bond acceptors (Lipinski definition) is 4. The lowest BCUT2D eigenvalue weighted by Crippen LogP contribution is -2.26. The van der Waals surface area contributed by atoms with Crippen molar-refractivity contribution in [1.29, 1.82) is 0 Å². The van der Waals surface area contributed by atoms with Gasteiger partial charge < -0.3 is 10.2 Å². The van der Waals surface area contributed by atoms with Crippen molar-refractivity contribution >= 4 is 0 Å². The maximum Gasteiger partial charge on any atom is 0.210 e. The lowest BCUT2D eigenvalue weighted by atomic mass is 10.1. The number of nitrogens with zero attached hydrogens (tertiary/aromatic N) is 3. The van der Waals surface area contributed by atoms with Crippen molar-refractivity contribution < 1.29 is 14.6 Å². The minimum absolute atomic E-state index is 0.0711. The Morgan fingerprint density at radius 2 is 2.06 bits per heavy atom. The number of aromatic nitrogens is 3. The Morgan fingerprint density at radius 1 is 1.33 bits per heavy atom. The molecular formula is C12H14FN3O2. The third kappa shape index (κ3) is 2.84. The lowest BCUT2D eigenvalue weighted by molar-refractivity contribution is 0.0551. The number of hydrogen-bond donors (Lipinski definition) is 2. The highest BCUT2D eigenvalue weighted by molar-refractivity contribution is 5.54. The molecule has 0 saturated heterocycles. The molecule has 2 aromatic rings. The molecule has 6 heteroatoms. The van der Waals surface area contributed by atoms with Crippen molar-refractivity contribution in [2.45, 2.75) is 26.0 Å². The Hall–Kier alpha value is -1.95. The van der Waals surface area contributed by atoms with Crippen LogP contribution in [0.5, 0.6) is 5.88 Å². The fourth-order valence-electron chi connectivity index (χ4n) is 1.54. The van der Waals surface area contributed by atoms with E-state index in [1.807, 2.05) is 0 Å².